The predicted molar refractivity (Wildman–Crippen MR) is 270 cm³/mol. The second kappa shape index (κ2) is 50.5. The van der Waals surface area contributed by atoms with E-state index < -0.39 is 0 Å². The summed E-state index contributed by atoms with van der Waals surface area (Å²) in [5, 5.41) is 25.3. The highest BCUT2D eigenvalue weighted by Gasteiger charge is 2.13. The first-order valence-electron chi connectivity index (χ1n) is 24.6. The summed E-state index contributed by atoms with van der Waals surface area (Å²) in [5.41, 5.74) is 35.3. The van der Waals surface area contributed by atoms with Crippen molar-refractivity contribution in [3.63, 3.8) is 0 Å². The number of nitrogens with one attached hydrogen (secondary N) is 4. The molecule has 0 heterocycles. The fourth-order valence-corrected chi connectivity index (χ4v) is 6.12. The number of hydrogen-bond acceptors (Lipinski definition) is 18. The van der Waals surface area contributed by atoms with Crippen LogP contribution in [-0.4, -0.2) is 218 Å². The van der Waals surface area contributed by atoms with Crippen LogP contribution in [0.15, 0.2) is 44.7 Å². The van der Waals surface area contributed by atoms with Crippen molar-refractivity contribution in [2.75, 3.05) is 184 Å². The van der Waals surface area contributed by atoms with Crippen molar-refractivity contribution in [1.82, 2.24) is 31.1 Å². The molecule has 0 aliphatic carbocycles. The largest absolute Gasteiger partial charge is 0.379 e. The Morgan fingerprint density at radius 1 is 0.365 bits per heavy atom. The highest BCUT2D eigenvalue weighted by Crippen LogP contribution is 2.10. The van der Waals surface area contributed by atoms with Gasteiger partial charge in [0.15, 0.2) is 0 Å². The highest BCUT2D eigenvalue weighted by atomic mass is 16.5. The summed E-state index contributed by atoms with van der Waals surface area (Å²) in [7, 11) is 0. The Balaban J connectivity index is 2.81. The van der Waals surface area contributed by atoms with E-state index in [1.54, 1.807) is 0 Å². The minimum atomic E-state index is -0.170. The summed E-state index contributed by atoms with van der Waals surface area (Å²) >= 11 is 0. The monoisotopic (exact) mass is 1050 g/mol. The average molecular weight is 1050 g/mol. The van der Waals surface area contributed by atoms with Crippen molar-refractivity contribution in [3.05, 3.63) is 77.2 Å². The zero-order chi connectivity index (χ0) is 53.6. The Bertz CT molecular complexity index is 1600. The van der Waals surface area contributed by atoms with E-state index in [9.17, 15) is 19.2 Å². The van der Waals surface area contributed by atoms with Gasteiger partial charge in [-0.25, -0.2) is 0 Å². The molecule has 0 aliphatic heterocycles. The van der Waals surface area contributed by atoms with Gasteiger partial charge in [-0.1, -0.05) is 44.7 Å². The van der Waals surface area contributed by atoms with Gasteiger partial charge in [0, 0.05) is 137 Å². The van der Waals surface area contributed by atoms with Crippen LogP contribution in [0, 0.1) is 0 Å². The van der Waals surface area contributed by atoms with Gasteiger partial charge in [-0.3, -0.25) is 29.0 Å². The number of ether oxygens (including phenoxy) is 8. The fraction of sp³-hybridized carbons (Fsp3) is 0.773. The predicted octanol–water partition coefficient (Wildman–Crippen LogP) is 2.69. The van der Waals surface area contributed by atoms with E-state index >= 15 is 0 Å². The topological polar surface area (TPSA) is 392 Å². The standard InChI is InChI=1S/C44H76N18O12/c45-57-53-13-25-71-33-29-67-21-5-41(63)49-9-17-61(18-10-50-42(64)6-22-68-30-34-72-26-14-54-58-46)37-39-1-2-40(4-3-39)38-62(19-11-51-43(65)7-23-69-31-35-73-27-15-55-59-47)20-12-52-44(66)8-24-70-32-36-74-28-16-56-60-48/h1-4H,5-38H2,(H,49,63)(H,50,64)(H,51,65)(H,52,66). The lowest BCUT2D eigenvalue weighted by Gasteiger charge is -2.24. The number of carbonyl (C=O) groups is 4. The maximum Gasteiger partial charge on any atom is 0.222 e. The number of rotatable bonds is 52. The Kier molecular flexibility index (Phi) is 45.0. The van der Waals surface area contributed by atoms with Gasteiger partial charge in [0.1, 0.15) is 0 Å². The smallest absolute Gasteiger partial charge is 0.222 e. The number of nitrogens with zero attached hydrogens (tertiary/aromatic N) is 14. The Hall–Kier alpha value is -6.06. The maximum atomic E-state index is 12.6. The van der Waals surface area contributed by atoms with Crippen LogP contribution in [0.2, 0.25) is 0 Å². The molecule has 4 amide bonds. The normalized spacial score (nSPS) is 10.7. The van der Waals surface area contributed by atoms with E-state index in [-0.39, 0.29) is 128 Å². The molecule has 0 aromatic heterocycles. The van der Waals surface area contributed by atoms with Crippen LogP contribution < -0.4 is 21.3 Å². The van der Waals surface area contributed by atoms with Gasteiger partial charge >= 0.3 is 0 Å². The van der Waals surface area contributed by atoms with Gasteiger partial charge < -0.3 is 59.2 Å². The van der Waals surface area contributed by atoms with Gasteiger partial charge in [-0.2, -0.15) is 0 Å². The van der Waals surface area contributed by atoms with Crippen molar-refractivity contribution in [2.45, 2.75) is 38.8 Å². The number of azide groups is 4. The first-order chi connectivity index (χ1) is 36.3. The third-order valence-corrected chi connectivity index (χ3v) is 9.81. The number of hydrogen-bond donors (Lipinski definition) is 4. The van der Waals surface area contributed by atoms with Crippen LogP contribution in [0.3, 0.4) is 0 Å². The lowest BCUT2D eigenvalue weighted by molar-refractivity contribution is -0.123. The number of carbonyl (C=O) groups excluding carboxylic acids is 4. The molecule has 0 unspecified atom stereocenters. The van der Waals surface area contributed by atoms with Crippen LogP contribution in [0.25, 0.3) is 41.8 Å². The molecule has 30 nitrogen and oxygen atoms in total. The molecule has 0 saturated heterocycles. The molecule has 4 N–H and O–H groups in total. The average Bonchev–Trinajstić information content (AvgIpc) is 3.39. The summed E-state index contributed by atoms with van der Waals surface area (Å²) in [4.78, 5) is 65.3. The molecule has 414 valence electrons. The van der Waals surface area contributed by atoms with E-state index in [4.69, 9.17) is 60.0 Å². The maximum absolute atomic E-state index is 12.6. The summed E-state index contributed by atoms with van der Waals surface area (Å²) in [5.74, 6) is -0.680. The van der Waals surface area contributed by atoms with Crippen LogP contribution in [0.1, 0.15) is 36.8 Å². The summed E-state index contributed by atoms with van der Waals surface area (Å²) in [6.45, 7) is 9.93. The van der Waals surface area contributed by atoms with E-state index in [1.807, 2.05) is 24.3 Å². The molecule has 0 bridgehead atoms. The van der Waals surface area contributed by atoms with Gasteiger partial charge in [0.2, 0.25) is 23.6 Å². The highest BCUT2D eigenvalue weighted by molar-refractivity contribution is 5.77. The summed E-state index contributed by atoms with van der Waals surface area (Å²) in [6, 6.07) is 8.09. The lowest BCUT2D eigenvalue weighted by atomic mass is 10.1. The molecule has 0 atom stereocenters. The fourth-order valence-electron chi connectivity index (χ4n) is 6.12. The van der Waals surface area contributed by atoms with E-state index in [2.05, 4.69) is 71.2 Å². The molecule has 0 fully saturated rings. The van der Waals surface area contributed by atoms with Crippen molar-refractivity contribution >= 4 is 23.6 Å². The SMILES string of the molecule is [N-]=[N+]=NCCOCCOCCC(=O)NCCN(CCNC(=O)CCOCCOCCN=[N+]=[N-])Cc1ccc(CN(CCNC(=O)CCOCCOCCN=[N+]=[N-])CCNC(=O)CCOCCOCCN=[N+]=[N-])cc1. The molecular weight excluding hydrogens is 973 g/mol. The number of amides is 4. The molecule has 74 heavy (non-hydrogen) atoms. The minimum Gasteiger partial charge on any atom is -0.379 e. The molecule has 1 aromatic carbocycles. The Morgan fingerprint density at radius 2 is 0.581 bits per heavy atom. The molecular formula is C44H76N18O12. The van der Waals surface area contributed by atoms with Crippen LogP contribution in [-0.2, 0) is 70.2 Å². The van der Waals surface area contributed by atoms with Gasteiger partial charge in [-0.05, 0) is 33.3 Å². The van der Waals surface area contributed by atoms with E-state index in [0.29, 0.717) is 118 Å². The summed E-state index contributed by atoms with van der Waals surface area (Å²) in [6.07, 6.45) is 0.667. The van der Waals surface area contributed by atoms with Gasteiger partial charge in [0.05, 0.1) is 106 Å². The first-order valence-corrected chi connectivity index (χ1v) is 24.6. The molecule has 30 heteroatoms. The zero-order valence-corrected chi connectivity index (χ0v) is 42.5. The summed E-state index contributed by atoms with van der Waals surface area (Å²) < 4.78 is 43.1. The first kappa shape index (κ1) is 66.0. The van der Waals surface area contributed by atoms with Crippen LogP contribution in [0.5, 0.6) is 0 Å². The van der Waals surface area contributed by atoms with Crippen molar-refractivity contribution in [1.29, 1.82) is 0 Å². The molecule has 0 saturated carbocycles. The lowest BCUT2D eigenvalue weighted by Crippen LogP contribution is -2.39. The van der Waals surface area contributed by atoms with Gasteiger partial charge in [0.25, 0.3) is 0 Å². The van der Waals surface area contributed by atoms with Crippen molar-refractivity contribution in [3.8, 4) is 0 Å². The molecule has 0 aliphatic rings. The van der Waals surface area contributed by atoms with Crippen LogP contribution >= 0.6 is 0 Å². The Morgan fingerprint density at radius 3 is 0.797 bits per heavy atom. The molecule has 1 rings (SSSR count). The van der Waals surface area contributed by atoms with Crippen molar-refractivity contribution in [2.24, 2.45) is 20.5 Å². The second-order valence-corrected chi connectivity index (χ2v) is 15.5. The van der Waals surface area contributed by atoms with E-state index in [0.717, 1.165) is 11.1 Å². The molecule has 0 radical (unpaired) electrons. The quantitative estimate of drug-likeness (QED) is 0.0316. The third kappa shape index (κ3) is 43.5. The van der Waals surface area contributed by atoms with Crippen molar-refractivity contribution < 1.29 is 57.1 Å². The Labute approximate surface area is 431 Å². The molecule has 1 aromatic rings. The van der Waals surface area contributed by atoms with Crippen LogP contribution in [0.4, 0.5) is 0 Å². The number of benzene rings is 1. The second-order valence-electron chi connectivity index (χ2n) is 15.5. The molecule has 0 spiro atoms. The zero-order valence-electron chi connectivity index (χ0n) is 42.5. The minimum absolute atomic E-state index is 0.167. The third-order valence-electron chi connectivity index (χ3n) is 9.81. The van der Waals surface area contributed by atoms with Gasteiger partial charge in [-0.15, -0.1) is 0 Å². The van der Waals surface area contributed by atoms with E-state index in [1.165, 1.54) is 0 Å².